The minimum Gasteiger partial charge on any atom is -0.468 e. The van der Waals surface area contributed by atoms with Crippen LogP contribution >= 0.6 is 7.75 Å². The second-order valence-electron chi connectivity index (χ2n) is 10.6. The number of methoxy groups -OCH3 is 1. The van der Waals surface area contributed by atoms with E-state index in [-0.39, 0.29) is 18.6 Å². The van der Waals surface area contributed by atoms with Crippen molar-refractivity contribution in [2.75, 3.05) is 19.5 Å². The first-order valence-electron chi connectivity index (χ1n) is 13.9. The molecule has 0 radical (unpaired) electrons. The highest BCUT2D eigenvalue weighted by molar-refractivity contribution is 7.52. The molecule has 2 aromatic heterocycles. The zero-order valence-electron chi connectivity index (χ0n) is 24.8. The van der Waals surface area contributed by atoms with E-state index < -0.39 is 56.2 Å². The summed E-state index contributed by atoms with van der Waals surface area (Å²) < 4.78 is 43.3. The molecular weight excluding hydrogens is 593 g/mol. The van der Waals surface area contributed by atoms with Crippen LogP contribution in [-0.4, -0.2) is 64.0 Å². The quantitative estimate of drug-likeness (QED) is 0.183. The summed E-state index contributed by atoms with van der Waals surface area (Å²) in [5.41, 5.74) is 12.3. The number of nitrogens with zero attached hydrogens (tertiary/aromatic N) is 4. The zero-order chi connectivity index (χ0) is 32.1. The minimum absolute atomic E-state index is 0.133. The highest BCUT2D eigenvalue weighted by Crippen LogP contribution is 2.48. The monoisotopic (exact) mass is 629 g/mol. The maximum Gasteiger partial charge on any atom is 0.459 e. The Labute approximate surface area is 254 Å². The zero-order valence-corrected chi connectivity index (χ0v) is 25.7. The van der Waals surface area contributed by atoms with Crippen molar-refractivity contribution in [3.05, 3.63) is 54.0 Å². The van der Waals surface area contributed by atoms with Crippen LogP contribution in [0.1, 0.15) is 51.0 Å². The first-order valence-corrected chi connectivity index (χ1v) is 15.4. The number of hydrogen-bond acceptors (Lipinski definition) is 13. The lowest BCUT2D eigenvalue weighted by Crippen LogP contribution is -2.38. The van der Waals surface area contributed by atoms with E-state index >= 15 is 0 Å². The van der Waals surface area contributed by atoms with Gasteiger partial charge in [-0.2, -0.15) is 15.4 Å². The standard InChI is InChI=1S/C28H36N7O8P/c1-17(2)41-26(36)18(3)34-44(38,43-20-7-5-19(6-8-20)13-21(30)27(37)39-4)40-15-28(14-29)12-11-24(42-28)22-9-10-23-25(31)32-16-33-35(22)23/h5-10,16-18,21,24H,11-13,15,30H2,1-4H3,(H,34,38)(H2,31,32,33)/t18-,21-,24+,28+,44?/m0/s1. The Kier molecular flexibility index (Phi) is 10.2. The van der Waals surface area contributed by atoms with E-state index in [9.17, 15) is 19.4 Å². The lowest BCUT2D eigenvalue weighted by molar-refractivity contribution is -0.149. The molecule has 5 atom stereocenters. The molecular formula is C28H36N7O8P. The molecule has 0 spiro atoms. The Morgan fingerprint density at radius 1 is 1.23 bits per heavy atom. The van der Waals surface area contributed by atoms with E-state index in [4.69, 9.17) is 30.0 Å². The summed E-state index contributed by atoms with van der Waals surface area (Å²) in [4.78, 5) is 28.2. The number of hydrogen-bond donors (Lipinski definition) is 3. The second kappa shape index (κ2) is 13.7. The Balaban J connectivity index is 1.51. The normalized spacial score (nSPS) is 20.9. The summed E-state index contributed by atoms with van der Waals surface area (Å²) in [5.74, 6) is -0.797. The van der Waals surface area contributed by atoms with Crippen molar-refractivity contribution in [3.63, 3.8) is 0 Å². The van der Waals surface area contributed by atoms with Crippen LogP contribution in [0.2, 0.25) is 0 Å². The van der Waals surface area contributed by atoms with Crippen LogP contribution in [-0.2, 0) is 39.3 Å². The van der Waals surface area contributed by atoms with E-state index in [1.54, 1.807) is 42.6 Å². The number of aromatic nitrogens is 3. The Morgan fingerprint density at radius 3 is 2.61 bits per heavy atom. The number of nitriles is 1. The predicted molar refractivity (Wildman–Crippen MR) is 157 cm³/mol. The summed E-state index contributed by atoms with van der Waals surface area (Å²) in [6.07, 6.45) is 1.28. The number of benzene rings is 1. The van der Waals surface area contributed by atoms with Crippen molar-refractivity contribution >= 4 is 31.0 Å². The number of carbonyl (C=O) groups excluding carboxylic acids is 2. The summed E-state index contributed by atoms with van der Waals surface area (Å²) in [7, 11) is -3.06. The smallest absolute Gasteiger partial charge is 0.459 e. The minimum atomic E-state index is -4.31. The molecule has 0 saturated carbocycles. The van der Waals surface area contributed by atoms with E-state index in [1.165, 1.54) is 32.5 Å². The van der Waals surface area contributed by atoms with Gasteiger partial charge in [0.1, 0.15) is 48.5 Å². The number of nitrogens with two attached hydrogens (primary N) is 2. The van der Waals surface area contributed by atoms with Gasteiger partial charge in [-0.3, -0.25) is 14.1 Å². The van der Waals surface area contributed by atoms with E-state index in [1.807, 2.05) is 0 Å². The molecule has 15 nitrogen and oxygen atoms in total. The van der Waals surface area contributed by atoms with Crippen LogP contribution < -0.4 is 21.1 Å². The highest BCUT2D eigenvalue weighted by atomic mass is 31.2. The Morgan fingerprint density at radius 2 is 1.95 bits per heavy atom. The Bertz CT molecular complexity index is 1570. The van der Waals surface area contributed by atoms with Crippen molar-refractivity contribution in [2.24, 2.45) is 5.73 Å². The fraction of sp³-hybridized carbons (Fsp3) is 0.464. The number of carbonyl (C=O) groups is 2. The van der Waals surface area contributed by atoms with Gasteiger partial charge in [-0.25, -0.2) is 14.1 Å². The summed E-state index contributed by atoms with van der Waals surface area (Å²) in [6.45, 7) is 4.38. The summed E-state index contributed by atoms with van der Waals surface area (Å²) in [6, 6.07) is 10.1. The fourth-order valence-corrected chi connectivity index (χ4v) is 6.15. The number of ether oxygens (including phenoxy) is 3. The lowest BCUT2D eigenvalue weighted by atomic mass is 10.0. The lowest BCUT2D eigenvalue weighted by Gasteiger charge is -2.27. The van der Waals surface area contributed by atoms with Crippen molar-refractivity contribution in [3.8, 4) is 11.8 Å². The molecule has 0 aliphatic carbocycles. The molecule has 1 unspecified atom stereocenters. The Hall–Kier alpha value is -4.06. The third kappa shape index (κ3) is 7.71. The molecule has 1 aliphatic heterocycles. The number of esters is 2. The van der Waals surface area contributed by atoms with Crippen LogP contribution in [0.25, 0.3) is 5.52 Å². The van der Waals surface area contributed by atoms with Gasteiger partial charge in [0.25, 0.3) is 0 Å². The molecule has 3 aromatic rings. The maximum absolute atomic E-state index is 14.1. The molecule has 16 heteroatoms. The molecule has 1 aromatic carbocycles. The van der Waals surface area contributed by atoms with Crippen LogP contribution in [0.15, 0.2) is 42.7 Å². The molecule has 1 saturated heterocycles. The fourth-order valence-electron chi connectivity index (χ4n) is 4.62. The average molecular weight is 630 g/mol. The summed E-state index contributed by atoms with van der Waals surface area (Å²) in [5, 5.41) is 17.0. The van der Waals surface area contributed by atoms with Gasteiger partial charge in [0.2, 0.25) is 0 Å². The average Bonchev–Trinajstić information content (AvgIpc) is 3.62. The second-order valence-corrected chi connectivity index (χ2v) is 12.3. The SMILES string of the molecule is COC(=O)[C@@H](N)Cc1ccc(OP(=O)(N[C@@H](C)C(=O)OC(C)C)OC[C@]2(C#N)CC[C@H](c3ccc4c(N)ncnn34)O2)cc1. The number of fused-ring (bicyclic) bond motifs is 1. The first-order chi connectivity index (χ1) is 20.9. The van der Waals surface area contributed by atoms with Gasteiger partial charge < -0.3 is 30.2 Å². The number of rotatable bonds is 13. The molecule has 0 bridgehead atoms. The molecule has 4 rings (SSSR count). The largest absolute Gasteiger partial charge is 0.468 e. The molecule has 236 valence electrons. The number of nitrogen functional groups attached to an aromatic ring is 1. The third-order valence-corrected chi connectivity index (χ3v) is 8.48. The van der Waals surface area contributed by atoms with Gasteiger partial charge in [0.15, 0.2) is 11.4 Å². The van der Waals surface area contributed by atoms with Gasteiger partial charge in [-0.15, -0.1) is 0 Å². The van der Waals surface area contributed by atoms with Gasteiger partial charge in [-0.1, -0.05) is 12.1 Å². The van der Waals surface area contributed by atoms with E-state index in [0.29, 0.717) is 29.0 Å². The van der Waals surface area contributed by atoms with Gasteiger partial charge in [0.05, 0.1) is 18.9 Å². The van der Waals surface area contributed by atoms with Crippen LogP contribution in [0, 0.1) is 11.3 Å². The number of nitrogens with one attached hydrogen (secondary N) is 1. The van der Waals surface area contributed by atoms with E-state index in [2.05, 4.69) is 26.0 Å². The predicted octanol–water partition coefficient (Wildman–Crippen LogP) is 2.60. The van der Waals surface area contributed by atoms with Crippen molar-refractivity contribution < 1.29 is 37.4 Å². The third-order valence-electron chi connectivity index (χ3n) is 6.86. The van der Waals surface area contributed by atoms with Crippen molar-refractivity contribution in [2.45, 2.75) is 69.9 Å². The molecule has 3 heterocycles. The summed E-state index contributed by atoms with van der Waals surface area (Å²) >= 11 is 0. The molecule has 0 amide bonds. The van der Waals surface area contributed by atoms with Crippen molar-refractivity contribution in [1.29, 1.82) is 5.26 Å². The van der Waals surface area contributed by atoms with Gasteiger partial charge >= 0.3 is 19.7 Å². The molecule has 44 heavy (non-hydrogen) atoms. The molecule has 1 aliphatic rings. The van der Waals surface area contributed by atoms with Crippen LogP contribution in [0.5, 0.6) is 5.75 Å². The van der Waals surface area contributed by atoms with Crippen LogP contribution in [0.3, 0.4) is 0 Å². The van der Waals surface area contributed by atoms with Gasteiger partial charge in [-0.05, 0) is 69.9 Å². The van der Waals surface area contributed by atoms with E-state index in [0.717, 1.165) is 0 Å². The topological polar surface area (TPSA) is 215 Å². The number of anilines is 1. The highest BCUT2D eigenvalue weighted by Gasteiger charge is 2.45. The molecule has 1 fully saturated rings. The van der Waals surface area contributed by atoms with Gasteiger partial charge in [0, 0.05) is 0 Å². The first kappa shape index (κ1) is 32.8. The van der Waals surface area contributed by atoms with Crippen molar-refractivity contribution in [1.82, 2.24) is 19.7 Å². The molecule has 5 N–H and O–H groups in total. The van der Waals surface area contributed by atoms with Crippen LogP contribution in [0.4, 0.5) is 5.82 Å². The maximum atomic E-state index is 14.1.